The second-order valence-corrected chi connectivity index (χ2v) is 14.1. The van der Waals surface area contributed by atoms with Gasteiger partial charge in [-0.3, -0.25) is 4.57 Å². The van der Waals surface area contributed by atoms with Gasteiger partial charge in [0, 0.05) is 22.5 Å². The molecular formula is C51H32N4. The summed E-state index contributed by atoms with van der Waals surface area (Å²) in [6.45, 7) is 0. The summed E-state index contributed by atoms with van der Waals surface area (Å²) in [4.78, 5) is 15.2. The molecule has 0 aliphatic heterocycles. The fourth-order valence-corrected chi connectivity index (χ4v) is 8.02. The molecule has 0 saturated carbocycles. The first kappa shape index (κ1) is 31.1. The van der Waals surface area contributed by atoms with E-state index in [2.05, 4.69) is 185 Å². The normalized spacial score (nSPS) is 11.6. The van der Waals surface area contributed by atoms with Crippen molar-refractivity contribution < 1.29 is 0 Å². The zero-order chi connectivity index (χ0) is 36.3. The van der Waals surface area contributed by atoms with Gasteiger partial charge in [-0.25, -0.2) is 15.0 Å². The Balaban J connectivity index is 1.11. The molecule has 8 aromatic carbocycles. The minimum Gasteiger partial charge on any atom is -0.292 e. The Morgan fingerprint density at radius 1 is 0.345 bits per heavy atom. The summed E-state index contributed by atoms with van der Waals surface area (Å²) in [6.07, 6.45) is 1.79. The average Bonchev–Trinajstić information content (AvgIpc) is 3.57. The van der Waals surface area contributed by atoms with Crippen LogP contribution in [0.15, 0.2) is 194 Å². The lowest BCUT2D eigenvalue weighted by Crippen LogP contribution is -2.04. The Morgan fingerprint density at radius 3 is 1.64 bits per heavy atom. The molecule has 0 bridgehead atoms. The van der Waals surface area contributed by atoms with Crippen molar-refractivity contribution >= 4 is 54.5 Å². The zero-order valence-electron chi connectivity index (χ0n) is 29.8. The van der Waals surface area contributed by atoms with E-state index >= 15 is 0 Å². The first-order valence-corrected chi connectivity index (χ1v) is 18.6. The lowest BCUT2D eigenvalue weighted by Gasteiger charge is -2.14. The molecule has 3 heterocycles. The van der Waals surface area contributed by atoms with Crippen LogP contribution in [0.1, 0.15) is 0 Å². The van der Waals surface area contributed by atoms with Crippen LogP contribution in [0.4, 0.5) is 0 Å². The van der Waals surface area contributed by atoms with Gasteiger partial charge in [-0.15, -0.1) is 0 Å². The van der Waals surface area contributed by atoms with Crippen LogP contribution in [0.25, 0.3) is 105 Å². The third-order valence-electron chi connectivity index (χ3n) is 10.8. The van der Waals surface area contributed by atoms with Crippen LogP contribution in [-0.4, -0.2) is 19.5 Å². The summed E-state index contributed by atoms with van der Waals surface area (Å²) in [6, 6.07) is 67.1. The van der Waals surface area contributed by atoms with Gasteiger partial charge in [-0.2, -0.15) is 0 Å². The van der Waals surface area contributed by atoms with Crippen LogP contribution in [0, 0.1) is 0 Å². The molecule has 0 amide bonds. The fourth-order valence-electron chi connectivity index (χ4n) is 8.02. The number of benzene rings is 8. The van der Waals surface area contributed by atoms with E-state index in [0.717, 1.165) is 55.5 Å². The molecule has 0 fully saturated rings. The molecule has 0 aliphatic rings. The van der Waals surface area contributed by atoms with E-state index in [4.69, 9.17) is 9.97 Å². The van der Waals surface area contributed by atoms with E-state index in [0.29, 0.717) is 5.65 Å². The zero-order valence-corrected chi connectivity index (χ0v) is 29.8. The fraction of sp³-hybridized carbons (Fsp3) is 0. The molecule has 3 aromatic heterocycles. The van der Waals surface area contributed by atoms with E-state index < -0.39 is 0 Å². The quantitative estimate of drug-likeness (QED) is 0.179. The topological polar surface area (TPSA) is 43.6 Å². The molecule has 0 saturated heterocycles. The maximum atomic E-state index is 5.30. The van der Waals surface area contributed by atoms with Crippen molar-refractivity contribution in [3.05, 3.63) is 194 Å². The predicted octanol–water partition coefficient (Wildman–Crippen LogP) is 13.1. The SMILES string of the molecule is c1ccc(-c2ccc(-c3ccc4c(c3)c3cc5ccccc5cc3n4-c3nc4ncccc4nc3-c3ccc(-c4ccc5ccccc5c4)cc3)cc2)cc1. The molecular weight excluding hydrogens is 669 g/mol. The predicted molar refractivity (Wildman–Crippen MR) is 228 cm³/mol. The van der Waals surface area contributed by atoms with Crippen molar-refractivity contribution in [3.8, 4) is 50.5 Å². The summed E-state index contributed by atoms with van der Waals surface area (Å²) in [5, 5.41) is 7.15. The van der Waals surface area contributed by atoms with Gasteiger partial charge in [0.1, 0.15) is 11.2 Å². The summed E-state index contributed by atoms with van der Waals surface area (Å²) in [5.41, 5.74) is 12.4. The van der Waals surface area contributed by atoms with Crippen molar-refractivity contribution in [2.45, 2.75) is 0 Å². The highest BCUT2D eigenvalue weighted by Crippen LogP contribution is 2.40. The highest BCUT2D eigenvalue weighted by molar-refractivity contribution is 6.14. The first-order chi connectivity index (χ1) is 27.2. The van der Waals surface area contributed by atoms with Gasteiger partial charge in [-0.05, 0) is 97.4 Å². The Hall–Kier alpha value is -7.43. The highest BCUT2D eigenvalue weighted by Gasteiger charge is 2.21. The van der Waals surface area contributed by atoms with Gasteiger partial charge in [0.2, 0.25) is 0 Å². The van der Waals surface area contributed by atoms with E-state index in [1.54, 1.807) is 6.20 Å². The molecule has 0 atom stereocenters. The summed E-state index contributed by atoms with van der Waals surface area (Å²) < 4.78 is 2.28. The molecule has 11 rings (SSSR count). The highest BCUT2D eigenvalue weighted by atomic mass is 15.1. The third kappa shape index (κ3) is 5.34. The summed E-state index contributed by atoms with van der Waals surface area (Å²) in [7, 11) is 0. The average molecular weight is 701 g/mol. The lowest BCUT2D eigenvalue weighted by atomic mass is 9.99. The molecule has 4 heteroatoms. The van der Waals surface area contributed by atoms with E-state index in [9.17, 15) is 0 Å². The molecule has 256 valence electrons. The second kappa shape index (κ2) is 12.6. The number of rotatable bonds is 5. The van der Waals surface area contributed by atoms with Crippen LogP contribution in [0.5, 0.6) is 0 Å². The van der Waals surface area contributed by atoms with E-state index in [1.165, 1.54) is 43.8 Å². The number of fused-ring (bicyclic) bond motifs is 6. The second-order valence-electron chi connectivity index (χ2n) is 14.1. The van der Waals surface area contributed by atoms with Gasteiger partial charge in [0.25, 0.3) is 0 Å². The van der Waals surface area contributed by atoms with Crippen molar-refractivity contribution in [1.29, 1.82) is 0 Å². The Bertz CT molecular complexity index is 3240. The minimum atomic E-state index is 0.611. The van der Waals surface area contributed by atoms with E-state index in [1.807, 2.05) is 12.1 Å². The standard InChI is InChI=1S/C51H32N4/c1-2-9-33(10-3-1)35-16-18-37(19-17-35)43-26-27-47-44(31-43)45-30-40-13-6-7-14-41(40)32-48(45)55(47)51-49(53-46-15-8-28-52-50(46)54-51)38-23-20-36(21-24-38)42-25-22-34-11-4-5-12-39(34)29-42/h1-32H. The van der Waals surface area contributed by atoms with Crippen LogP contribution in [0.2, 0.25) is 0 Å². The number of hydrogen-bond acceptors (Lipinski definition) is 3. The van der Waals surface area contributed by atoms with Gasteiger partial charge in [0.15, 0.2) is 11.5 Å². The largest absolute Gasteiger partial charge is 0.292 e. The van der Waals surface area contributed by atoms with Gasteiger partial charge < -0.3 is 0 Å². The molecule has 0 N–H and O–H groups in total. The maximum absolute atomic E-state index is 5.30. The molecule has 0 aliphatic carbocycles. The monoisotopic (exact) mass is 700 g/mol. The summed E-state index contributed by atoms with van der Waals surface area (Å²) in [5.74, 6) is 0.750. The van der Waals surface area contributed by atoms with Gasteiger partial charge in [-0.1, -0.05) is 146 Å². The Morgan fingerprint density at radius 2 is 0.891 bits per heavy atom. The van der Waals surface area contributed by atoms with Crippen LogP contribution in [-0.2, 0) is 0 Å². The molecule has 0 radical (unpaired) electrons. The number of pyridine rings is 1. The minimum absolute atomic E-state index is 0.611. The van der Waals surface area contributed by atoms with Crippen LogP contribution >= 0.6 is 0 Å². The van der Waals surface area contributed by atoms with E-state index in [-0.39, 0.29) is 0 Å². The van der Waals surface area contributed by atoms with Crippen molar-refractivity contribution in [3.63, 3.8) is 0 Å². The molecule has 55 heavy (non-hydrogen) atoms. The lowest BCUT2D eigenvalue weighted by molar-refractivity contribution is 1.07. The number of hydrogen-bond donors (Lipinski definition) is 0. The van der Waals surface area contributed by atoms with Crippen molar-refractivity contribution in [1.82, 2.24) is 19.5 Å². The van der Waals surface area contributed by atoms with Crippen molar-refractivity contribution in [2.24, 2.45) is 0 Å². The smallest absolute Gasteiger partial charge is 0.180 e. The first-order valence-electron chi connectivity index (χ1n) is 18.6. The molecule has 0 unspecified atom stereocenters. The molecule has 0 spiro atoms. The molecule has 4 nitrogen and oxygen atoms in total. The van der Waals surface area contributed by atoms with Gasteiger partial charge >= 0.3 is 0 Å². The summed E-state index contributed by atoms with van der Waals surface area (Å²) >= 11 is 0. The van der Waals surface area contributed by atoms with Gasteiger partial charge in [0.05, 0.1) is 11.0 Å². The molecule has 11 aromatic rings. The van der Waals surface area contributed by atoms with Crippen LogP contribution < -0.4 is 0 Å². The third-order valence-corrected chi connectivity index (χ3v) is 10.8. The van der Waals surface area contributed by atoms with Crippen LogP contribution in [0.3, 0.4) is 0 Å². The van der Waals surface area contributed by atoms with Crippen molar-refractivity contribution in [2.75, 3.05) is 0 Å². The number of nitrogens with zero attached hydrogens (tertiary/aromatic N) is 4. The number of aromatic nitrogens is 4. The Kier molecular flexibility index (Phi) is 7.14. The maximum Gasteiger partial charge on any atom is 0.180 e. The Labute approximate surface area is 317 Å².